The van der Waals surface area contributed by atoms with Crippen molar-refractivity contribution in [3.8, 4) is 0 Å². The second-order valence-electron chi connectivity index (χ2n) is 4.68. The molecule has 0 heterocycles. The number of carboxylic acids is 1. The van der Waals surface area contributed by atoms with Gasteiger partial charge in [-0.3, -0.25) is 9.59 Å². The quantitative estimate of drug-likeness (QED) is 0.828. The molecule has 96 valence electrons. The summed E-state index contributed by atoms with van der Waals surface area (Å²) in [6, 6.07) is 5.23. The molecular formula is C13H14ClNO3. The molecule has 0 aromatic heterocycles. The van der Waals surface area contributed by atoms with Gasteiger partial charge in [0.1, 0.15) is 5.41 Å². The summed E-state index contributed by atoms with van der Waals surface area (Å²) in [5.41, 5.74) is 0.170. The van der Waals surface area contributed by atoms with Gasteiger partial charge in [0.15, 0.2) is 0 Å². The first kappa shape index (κ1) is 12.9. The zero-order chi connectivity index (χ0) is 13.3. The molecule has 1 aliphatic rings. The maximum absolute atomic E-state index is 12.0. The average Bonchev–Trinajstić information content (AvgIpc) is 2.19. The van der Waals surface area contributed by atoms with Crippen LogP contribution in [-0.2, 0) is 9.59 Å². The van der Waals surface area contributed by atoms with Gasteiger partial charge in [0.05, 0.1) is 10.7 Å². The van der Waals surface area contributed by atoms with Crippen LogP contribution in [0.3, 0.4) is 0 Å². The summed E-state index contributed by atoms with van der Waals surface area (Å²) < 4.78 is 0. The summed E-state index contributed by atoms with van der Waals surface area (Å²) in [5.74, 6) is -1.54. The van der Waals surface area contributed by atoms with E-state index in [-0.39, 0.29) is 0 Å². The van der Waals surface area contributed by atoms with Gasteiger partial charge in [0.2, 0.25) is 5.91 Å². The minimum atomic E-state index is -1.27. The van der Waals surface area contributed by atoms with Crippen LogP contribution in [-0.4, -0.2) is 17.0 Å². The largest absolute Gasteiger partial charge is 0.480 e. The van der Waals surface area contributed by atoms with Gasteiger partial charge < -0.3 is 10.4 Å². The van der Waals surface area contributed by atoms with Crippen LogP contribution in [0.5, 0.6) is 0 Å². The Morgan fingerprint density at radius 2 is 2.06 bits per heavy atom. The van der Waals surface area contributed by atoms with Crippen molar-refractivity contribution in [3.63, 3.8) is 0 Å². The van der Waals surface area contributed by atoms with Gasteiger partial charge in [0.25, 0.3) is 0 Å². The molecule has 0 spiro atoms. The fraction of sp³-hybridized carbons (Fsp3) is 0.385. The van der Waals surface area contributed by atoms with Gasteiger partial charge in [-0.25, -0.2) is 0 Å². The number of carboxylic acid groups (broad SMARTS) is 1. The number of halogens is 1. The Morgan fingerprint density at radius 1 is 1.39 bits per heavy atom. The van der Waals surface area contributed by atoms with E-state index in [1.165, 1.54) is 0 Å². The fourth-order valence-corrected chi connectivity index (χ4v) is 2.31. The highest BCUT2D eigenvalue weighted by molar-refractivity contribution is 6.34. The number of rotatable bonds is 3. The lowest BCUT2D eigenvalue weighted by atomic mass is 9.68. The summed E-state index contributed by atoms with van der Waals surface area (Å²) >= 11 is 6.00. The molecule has 4 nitrogen and oxygen atoms in total. The van der Waals surface area contributed by atoms with Crippen LogP contribution in [0.2, 0.25) is 5.02 Å². The summed E-state index contributed by atoms with van der Waals surface area (Å²) in [4.78, 5) is 23.2. The SMILES string of the molecule is Cc1ccc(NC(=O)C2(C(=O)O)CCC2)c(Cl)c1. The van der Waals surface area contributed by atoms with E-state index in [0.717, 1.165) is 12.0 Å². The first-order chi connectivity index (χ1) is 8.45. The molecule has 1 aliphatic carbocycles. The van der Waals surface area contributed by atoms with E-state index in [2.05, 4.69) is 5.32 Å². The van der Waals surface area contributed by atoms with Crippen LogP contribution in [0.4, 0.5) is 5.69 Å². The normalized spacial score (nSPS) is 16.8. The van der Waals surface area contributed by atoms with Crippen molar-refractivity contribution in [1.29, 1.82) is 0 Å². The van der Waals surface area contributed by atoms with Crippen LogP contribution in [0.15, 0.2) is 18.2 Å². The standard InChI is InChI=1S/C13H14ClNO3/c1-8-3-4-10(9(14)7-8)15-11(16)13(12(17)18)5-2-6-13/h3-4,7H,2,5-6H2,1H3,(H,15,16)(H,17,18). The Morgan fingerprint density at radius 3 is 2.50 bits per heavy atom. The number of nitrogens with one attached hydrogen (secondary N) is 1. The molecule has 1 aromatic rings. The Labute approximate surface area is 110 Å². The van der Waals surface area contributed by atoms with E-state index >= 15 is 0 Å². The Kier molecular flexibility index (Phi) is 3.30. The summed E-state index contributed by atoms with van der Waals surface area (Å²) in [6.45, 7) is 1.89. The van der Waals surface area contributed by atoms with Gasteiger partial charge in [-0.05, 0) is 37.5 Å². The lowest BCUT2D eigenvalue weighted by Gasteiger charge is -2.35. The summed E-state index contributed by atoms with van der Waals surface area (Å²) in [7, 11) is 0. The molecule has 5 heteroatoms. The number of hydrogen-bond donors (Lipinski definition) is 2. The van der Waals surface area contributed by atoms with Crippen LogP contribution in [0, 0.1) is 12.3 Å². The van der Waals surface area contributed by atoms with Gasteiger partial charge >= 0.3 is 5.97 Å². The van der Waals surface area contributed by atoms with Gasteiger partial charge in [-0.1, -0.05) is 24.1 Å². The summed E-state index contributed by atoms with van der Waals surface area (Å²) in [6.07, 6.45) is 1.54. The molecule has 0 bridgehead atoms. The first-order valence-corrected chi connectivity index (χ1v) is 6.14. The Balaban J connectivity index is 2.19. The second-order valence-corrected chi connectivity index (χ2v) is 5.09. The molecule has 1 aromatic carbocycles. The lowest BCUT2D eigenvalue weighted by Crippen LogP contribution is -2.48. The number of carbonyl (C=O) groups is 2. The smallest absolute Gasteiger partial charge is 0.319 e. The number of aryl methyl sites for hydroxylation is 1. The minimum absolute atomic E-state index is 0.387. The second kappa shape index (κ2) is 4.61. The molecule has 0 radical (unpaired) electrons. The minimum Gasteiger partial charge on any atom is -0.480 e. The van der Waals surface area contributed by atoms with Crippen LogP contribution >= 0.6 is 11.6 Å². The molecule has 0 unspecified atom stereocenters. The predicted octanol–water partition coefficient (Wildman–Crippen LogP) is 2.84. The van der Waals surface area contributed by atoms with Crippen molar-refractivity contribution in [2.45, 2.75) is 26.2 Å². The van der Waals surface area contributed by atoms with Crippen molar-refractivity contribution in [1.82, 2.24) is 0 Å². The van der Waals surface area contributed by atoms with E-state index in [0.29, 0.717) is 23.6 Å². The third kappa shape index (κ3) is 2.08. The van der Waals surface area contributed by atoms with Gasteiger partial charge in [-0.2, -0.15) is 0 Å². The zero-order valence-corrected chi connectivity index (χ0v) is 10.8. The third-order valence-electron chi connectivity index (χ3n) is 3.42. The van der Waals surface area contributed by atoms with Gasteiger partial charge in [-0.15, -0.1) is 0 Å². The highest BCUT2D eigenvalue weighted by Crippen LogP contribution is 2.42. The molecule has 0 atom stereocenters. The first-order valence-electron chi connectivity index (χ1n) is 5.77. The van der Waals surface area contributed by atoms with Crippen LogP contribution in [0.25, 0.3) is 0 Å². The molecule has 1 saturated carbocycles. The maximum atomic E-state index is 12.0. The van der Waals surface area contributed by atoms with Crippen LogP contribution < -0.4 is 5.32 Å². The number of anilines is 1. The van der Waals surface area contributed by atoms with E-state index in [9.17, 15) is 9.59 Å². The Hall–Kier alpha value is -1.55. The molecule has 0 saturated heterocycles. The highest BCUT2D eigenvalue weighted by Gasteiger charge is 2.51. The third-order valence-corrected chi connectivity index (χ3v) is 3.74. The number of aliphatic carboxylic acids is 1. The summed E-state index contributed by atoms with van der Waals surface area (Å²) in [5, 5.41) is 12.2. The molecule has 18 heavy (non-hydrogen) atoms. The van der Waals surface area contributed by atoms with Gasteiger partial charge in [0, 0.05) is 0 Å². The maximum Gasteiger partial charge on any atom is 0.319 e. The van der Waals surface area contributed by atoms with Crippen molar-refractivity contribution in [2.24, 2.45) is 5.41 Å². The van der Waals surface area contributed by atoms with E-state index in [1.807, 2.05) is 13.0 Å². The number of hydrogen-bond acceptors (Lipinski definition) is 2. The molecule has 2 rings (SSSR count). The molecular weight excluding hydrogens is 254 g/mol. The monoisotopic (exact) mass is 267 g/mol. The average molecular weight is 268 g/mol. The van der Waals surface area contributed by atoms with E-state index in [4.69, 9.17) is 16.7 Å². The van der Waals surface area contributed by atoms with E-state index < -0.39 is 17.3 Å². The fourth-order valence-electron chi connectivity index (χ4n) is 2.03. The number of benzene rings is 1. The number of amides is 1. The van der Waals surface area contributed by atoms with Crippen molar-refractivity contribution in [2.75, 3.05) is 5.32 Å². The lowest BCUT2D eigenvalue weighted by molar-refractivity contribution is -0.159. The van der Waals surface area contributed by atoms with Crippen molar-refractivity contribution >= 4 is 29.2 Å². The molecule has 0 aliphatic heterocycles. The predicted molar refractivity (Wildman–Crippen MR) is 68.7 cm³/mol. The molecule has 1 amide bonds. The molecule has 2 N–H and O–H groups in total. The Bertz CT molecular complexity index is 509. The molecule has 1 fully saturated rings. The van der Waals surface area contributed by atoms with Crippen molar-refractivity contribution < 1.29 is 14.7 Å². The topological polar surface area (TPSA) is 66.4 Å². The van der Waals surface area contributed by atoms with Crippen LogP contribution in [0.1, 0.15) is 24.8 Å². The number of carbonyl (C=O) groups excluding carboxylic acids is 1. The van der Waals surface area contributed by atoms with Crippen molar-refractivity contribution in [3.05, 3.63) is 28.8 Å². The van der Waals surface area contributed by atoms with E-state index in [1.54, 1.807) is 12.1 Å². The highest BCUT2D eigenvalue weighted by atomic mass is 35.5. The zero-order valence-electron chi connectivity index (χ0n) is 10.00.